The summed E-state index contributed by atoms with van der Waals surface area (Å²) in [5.41, 5.74) is 8.15. The van der Waals surface area contributed by atoms with Gasteiger partial charge in [0.25, 0.3) is 0 Å². The van der Waals surface area contributed by atoms with Crippen LogP contribution in [0, 0.1) is 11.3 Å². The van der Waals surface area contributed by atoms with E-state index >= 15 is 0 Å². The van der Waals surface area contributed by atoms with Crippen LogP contribution in [0.25, 0.3) is 11.0 Å². The highest BCUT2D eigenvalue weighted by molar-refractivity contribution is 6.35. The molecule has 4 rings (SSSR count). The van der Waals surface area contributed by atoms with Gasteiger partial charge in [-0.25, -0.2) is 9.67 Å². The Balaban J connectivity index is 1.73. The predicted molar refractivity (Wildman–Crippen MR) is 118 cm³/mol. The Morgan fingerprint density at radius 1 is 1.23 bits per heavy atom. The SMILES string of the molecule is N#Cc1cc(Cl)cc(Oc2c(Cl)ccc3c2nnn3CC(=[NH2+])c2cccnc2N)c1Cl. The molecule has 11 heteroatoms. The zero-order valence-corrected chi connectivity index (χ0v) is 17.9. The van der Waals surface area contributed by atoms with Crippen molar-refractivity contribution in [2.75, 3.05) is 5.73 Å². The van der Waals surface area contributed by atoms with Gasteiger partial charge < -0.3 is 10.5 Å². The molecular weight excluding hydrogens is 461 g/mol. The number of nitriles is 1. The fourth-order valence-corrected chi connectivity index (χ4v) is 3.56. The highest BCUT2D eigenvalue weighted by atomic mass is 35.5. The van der Waals surface area contributed by atoms with E-state index in [2.05, 4.69) is 15.3 Å². The van der Waals surface area contributed by atoms with Crippen molar-refractivity contribution in [3.8, 4) is 17.6 Å². The van der Waals surface area contributed by atoms with E-state index < -0.39 is 0 Å². The van der Waals surface area contributed by atoms with Crippen molar-refractivity contribution in [1.82, 2.24) is 20.0 Å². The number of hydrogen-bond donors (Lipinski definition) is 2. The van der Waals surface area contributed by atoms with Gasteiger partial charge in [0, 0.05) is 17.3 Å². The van der Waals surface area contributed by atoms with Crippen molar-refractivity contribution in [2.45, 2.75) is 6.54 Å². The number of ether oxygens (including phenoxy) is 1. The average Bonchev–Trinajstić information content (AvgIpc) is 3.15. The number of benzene rings is 2. The Kier molecular flexibility index (Phi) is 5.65. The van der Waals surface area contributed by atoms with E-state index in [1.165, 1.54) is 12.1 Å². The van der Waals surface area contributed by atoms with Gasteiger partial charge in [-0.1, -0.05) is 40.0 Å². The summed E-state index contributed by atoms with van der Waals surface area (Å²) in [7, 11) is 0. The lowest BCUT2D eigenvalue weighted by atomic mass is 10.1. The molecule has 0 aliphatic heterocycles. The van der Waals surface area contributed by atoms with Crippen molar-refractivity contribution in [3.63, 3.8) is 0 Å². The van der Waals surface area contributed by atoms with Gasteiger partial charge in [-0.15, -0.1) is 5.10 Å². The molecule has 4 aromatic rings. The monoisotopic (exact) mass is 472 g/mol. The molecule has 0 bridgehead atoms. The van der Waals surface area contributed by atoms with Gasteiger partial charge >= 0.3 is 0 Å². The minimum absolute atomic E-state index is 0.108. The summed E-state index contributed by atoms with van der Waals surface area (Å²) in [6, 6.07) is 11.8. The molecule has 0 amide bonds. The molecule has 2 aromatic carbocycles. The van der Waals surface area contributed by atoms with Crippen LogP contribution in [0.3, 0.4) is 0 Å². The van der Waals surface area contributed by atoms with Crippen LogP contribution in [0.5, 0.6) is 11.5 Å². The second-order valence-electron chi connectivity index (χ2n) is 6.43. The Morgan fingerprint density at radius 2 is 2.03 bits per heavy atom. The topological polar surface area (TPSA) is 128 Å². The summed E-state index contributed by atoms with van der Waals surface area (Å²) in [4.78, 5) is 4.04. The van der Waals surface area contributed by atoms with Crippen molar-refractivity contribution in [3.05, 3.63) is 68.8 Å². The molecule has 0 unspecified atom stereocenters. The second kappa shape index (κ2) is 8.40. The molecular formula is C20H13Cl3N7O+. The molecule has 2 aromatic heterocycles. The van der Waals surface area contributed by atoms with Crippen LogP contribution in [0.1, 0.15) is 11.1 Å². The van der Waals surface area contributed by atoms with E-state index in [1.54, 1.807) is 35.1 Å². The van der Waals surface area contributed by atoms with Gasteiger partial charge in [0.05, 0.1) is 21.7 Å². The minimum Gasteiger partial charge on any atom is -0.452 e. The van der Waals surface area contributed by atoms with Crippen molar-refractivity contribution >= 4 is 57.4 Å². The van der Waals surface area contributed by atoms with Crippen LogP contribution in [0.15, 0.2) is 42.6 Å². The summed E-state index contributed by atoms with van der Waals surface area (Å²) >= 11 is 18.7. The lowest BCUT2D eigenvalue weighted by Crippen LogP contribution is -2.43. The van der Waals surface area contributed by atoms with E-state index in [1.807, 2.05) is 6.07 Å². The van der Waals surface area contributed by atoms with Crippen molar-refractivity contribution in [2.24, 2.45) is 0 Å². The molecule has 0 radical (unpaired) electrons. The Morgan fingerprint density at radius 3 is 2.77 bits per heavy atom. The third-order valence-electron chi connectivity index (χ3n) is 4.43. The maximum atomic E-state index is 9.23. The Hall–Kier alpha value is -3.38. The summed E-state index contributed by atoms with van der Waals surface area (Å²) in [5, 5.41) is 24.5. The van der Waals surface area contributed by atoms with E-state index in [-0.39, 0.29) is 33.7 Å². The summed E-state index contributed by atoms with van der Waals surface area (Å²) in [5.74, 6) is 0.710. The van der Waals surface area contributed by atoms with Crippen LogP contribution in [0.2, 0.25) is 15.1 Å². The maximum absolute atomic E-state index is 9.23. The van der Waals surface area contributed by atoms with Gasteiger partial charge in [0.15, 0.2) is 11.3 Å². The number of halogens is 3. The van der Waals surface area contributed by atoms with Gasteiger partial charge in [0.1, 0.15) is 29.2 Å². The number of aromatic nitrogens is 4. The lowest BCUT2D eigenvalue weighted by Gasteiger charge is -2.11. The molecule has 0 saturated heterocycles. The van der Waals surface area contributed by atoms with Crippen LogP contribution in [-0.2, 0) is 6.54 Å². The summed E-state index contributed by atoms with van der Waals surface area (Å²) in [6.07, 6.45) is 1.58. The number of nitrogen functional groups attached to an aromatic ring is 1. The fourth-order valence-electron chi connectivity index (χ4n) is 2.97. The maximum Gasteiger partial charge on any atom is 0.205 e. The first-order valence-corrected chi connectivity index (χ1v) is 9.93. The van der Waals surface area contributed by atoms with Gasteiger partial charge in [-0.3, -0.25) is 5.41 Å². The largest absolute Gasteiger partial charge is 0.452 e. The number of rotatable bonds is 5. The molecule has 0 fully saturated rings. The van der Waals surface area contributed by atoms with E-state index in [0.29, 0.717) is 33.1 Å². The zero-order chi connectivity index (χ0) is 22.1. The van der Waals surface area contributed by atoms with Crippen molar-refractivity contribution < 1.29 is 10.1 Å². The molecule has 2 heterocycles. The molecule has 4 N–H and O–H groups in total. The van der Waals surface area contributed by atoms with Crippen LogP contribution < -0.4 is 15.9 Å². The molecule has 31 heavy (non-hydrogen) atoms. The van der Waals surface area contributed by atoms with E-state index in [0.717, 1.165) is 0 Å². The predicted octanol–water partition coefficient (Wildman–Crippen LogP) is 3.28. The number of hydrogen-bond acceptors (Lipinski definition) is 6. The fraction of sp³-hybridized carbons (Fsp3) is 0.0500. The average molecular weight is 474 g/mol. The first kappa shape index (κ1) is 20.9. The molecule has 0 aliphatic rings. The molecule has 0 spiro atoms. The molecule has 0 atom stereocenters. The van der Waals surface area contributed by atoms with E-state index in [4.69, 9.17) is 50.7 Å². The van der Waals surface area contributed by atoms with Crippen molar-refractivity contribution in [1.29, 1.82) is 5.26 Å². The van der Waals surface area contributed by atoms with Gasteiger partial charge in [-0.05, 0) is 30.3 Å². The third kappa shape index (κ3) is 3.99. The molecule has 0 aliphatic carbocycles. The summed E-state index contributed by atoms with van der Waals surface area (Å²) < 4.78 is 7.50. The number of nitrogens with two attached hydrogens (primary N) is 2. The molecule has 154 valence electrons. The minimum atomic E-state index is 0.108. The van der Waals surface area contributed by atoms with Crippen LogP contribution >= 0.6 is 34.8 Å². The van der Waals surface area contributed by atoms with Crippen LogP contribution in [0.4, 0.5) is 5.82 Å². The number of nitrogens with zero attached hydrogens (tertiary/aromatic N) is 5. The summed E-state index contributed by atoms with van der Waals surface area (Å²) in [6.45, 7) is 0.212. The number of anilines is 1. The van der Waals surface area contributed by atoms with Gasteiger partial charge in [-0.2, -0.15) is 5.26 Å². The third-order valence-corrected chi connectivity index (χ3v) is 5.34. The highest BCUT2D eigenvalue weighted by Crippen LogP contribution is 2.40. The quantitative estimate of drug-likeness (QED) is 0.428. The Labute approximate surface area is 191 Å². The number of pyridine rings is 1. The standard InChI is InChI=1S/C20H12Cl3N7O/c21-11-6-10(8-24)17(23)16(7-11)31-19-13(22)3-4-15-18(19)28-29-30(15)9-14(25)12-2-1-5-27-20(12)26/h1-7,25H,9H2,(H2,26,27)/p+1. The van der Waals surface area contributed by atoms with Crippen LogP contribution in [-0.4, -0.2) is 25.7 Å². The first-order valence-electron chi connectivity index (χ1n) is 8.80. The smallest absolute Gasteiger partial charge is 0.205 e. The van der Waals surface area contributed by atoms with Gasteiger partial charge in [0.2, 0.25) is 5.71 Å². The second-order valence-corrected chi connectivity index (χ2v) is 7.65. The molecule has 8 nitrogen and oxygen atoms in total. The van der Waals surface area contributed by atoms with E-state index in [9.17, 15) is 5.26 Å². The lowest BCUT2D eigenvalue weighted by molar-refractivity contribution is -0.115. The zero-order valence-electron chi connectivity index (χ0n) is 15.7. The Bertz CT molecular complexity index is 1380. The normalized spacial score (nSPS) is 10.8. The highest BCUT2D eigenvalue weighted by Gasteiger charge is 2.20. The number of fused-ring (bicyclic) bond motifs is 1. The molecule has 0 saturated carbocycles. The first-order chi connectivity index (χ1) is 14.9.